The van der Waals surface area contributed by atoms with Gasteiger partial charge in [0, 0.05) is 35.6 Å². The molecule has 0 fully saturated rings. The summed E-state index contributed by atoms with van der Waals surface area (Å²) in [7, 11) is 0. The molecule has 8 heteroatoms. The standard InChI is InChI=1S/C18H17FN4O2S/c1-10-8-14(11(2)23(10)18-20-6-7-26-18)17(25)22-13-4-5-15(19)16(9-13)21-12(3)24/h4-9H,1-3H3,(H,21,24)(H,22,25). The van der Waals surface area contributed by atoms with Gasteiger partial charge in [-0.2, -0.15) is 0 Å². The van der Waals surface area contributed by atoms with Gasteiger partial charge in [-0.05, 0) is 38.1 Å². The molecular formula is C18H17FN4O2S. The largest absolute Gasteiger partial charge is 0.324 e. The van der Waals surface area contributed by atoms with Crippen molar-refractivity contribution in [3.63, 3.8) is 0 Å². The molecule has 0 aliphatic heterocycles. The monoisotopic (exact) mass is 372 g/mol. The third kappa shape index (κ3) is 3.50. The number of halogens is 1. The molecule has 3 rings (SSSR count). The van der Waals surface area contributed by atoms with Crippen LogP contribution in [0.4, 0.5) is 15.8 Å². The Labute approximate surface area is 153 Å². The molecule has 26 heavy (non-hydrogen) atoms. The summed E-state index contributed by atoms with van der Waals surface area (Å²) in [5, 5.41) is 7.79. The van der Waals surface area contributed by atoms with E-state index in [9.17, 15) is 14.0 Å². The van der Waals surface area contributed by atoms with Gasteiger partial charge in [0.1, 0.15) is 5.82 Å². The highest BCUT2D eigenvalue weighted by Crippen LogP contribution is 2.24. The Bertz CT molecular complexity index is 979. The highest BCUT2D eigenvalue weighted by Gasteiger charge is 2.18. The van der Waals surface area contributed by atoms with E-state index in [1.807, 2.05) is 23.8 Å². The molecule has 134 valence electrons. The Morgan fingerprint density at radius 2 is 1.96 bits per heavy atom. The zero-order valence-electron chi connectivity index (χ0n) is 14.5. The smallest absolute Gasteiger partial charge is 0.257 e. The van der Waals surface area contributed by atoms with Crippen LogP contribution in [0.25, 0.3) is 5.13 Å². The lowest BCUT2D eigenvalue weighted by Crippen LogP contribution is -2.14. The van der Waals surface area contributed by atoms with Crippen LogP contribution in [-0.4, -0.2) is 21.4 Å². The number of benzene rings is 1. The van der Waals surface area contributed by atoms with Crippen molar-refractivity contribution in [3.05, 3.63) is 58.6 Å². The first-order chi connectivity index (χ1) is 12.4. The van der Waals surface area contributed by atoms with Crippen LogP contribution in [-0.2, 0) is 4.79 Å². The van der Waals surface area contributed by atoms with E-state index in [4.69, 9.17) is 0 Å². The van der Waals surface area contributed by atoms with Gasteiger partial charge in [0.2, 0.25) is 5.91 Å². The van der Waals surface area contributed by atoms with Gasteiger partial charge in [-0.1, -0.05) is 0 Å². The maximum Gasteiger partial charge on any atom is 0.257 e. The Morgan fingerprint density at radius 3 is 2.62 bits per heavy atom. The number of amides is 2. The van der Waals surface area contributed by atoms with Crippen molar-refractivity contribution < 1.29 is 14.0 Å². The fourth-order valence-corrected chi connectivity index (χ4v) is 3.45. The second-order valence-corrected chi connectivity index (χ2v) is 6.64. The fraction of sp³-hybridized carbons (Fsp3) is 0.167. The van der Waals surface area contributed by atoms with Crippen LogP contribution in [0.3, 0.4) is 0 Å². The van der Waals surface area contributed by atoms with Crippen molar-refractivity contribution in [1.82, 2.24) is 9.55 Å². The number of nitrogens with one attached hydrogen (secondary N) is 2. The average Bonchev–Trinajstić information content (AvgIpc) is 3.18. The molecule has 6 nitrogen and oxygen atoms in total. The second-order valence-electron chi connectivity index (χ2n) is 5.76. The second kappa shape index (κ2) is 7.09. The molecule has 0 aliphatic carbocycles. The van der Waals surface area contributed by atoms with Gasteiger partial charge in [0.05, 0.1) is 11.3 Å². The SMILES string of the molecule is CC(=O)Nc1cc(NC(=O)c2cc(C)n(-c3nccs3)c2C)ccc1F. The number of hydrogen-bond donors (Lipinski definition) is 2. The van der Waals surface area contributed by atoms with Crippen LogP contribution in [0, 0.1) is 19.7 Å². The van der Waals surface area contributed by atoms with Crippen molar-refractivity contribution in [2.75, 3.05) is 10.6 Å². The number of nitrogens with zero attached hydrogens (tertiary/aromatic N) is 2. The zero-order valence-corrected chi connectivity index (χ0v) is 15.3. The van der Waals surface area contributed by atoms with Crippen molar-refractivity contribution >= 4 is 34.5 Å². The molecule has 0 spiro atoms. The van der Waals surface area contributed by atoms with E-state index in [0.29, 0.717) is 11.3 Å². The number of rotatable bonds is 4. The molecule has 0 aliphatic rings. The molecule has 0 saturated heterocycles. The van der Waals surface area contributed by atoms with Gasteiger partial charge in [-0.15, -0.1) is 11.3 Å². The molecule has 1 aromatic carbocycles. The number of thiazole rings is 1. The number of carbonyl (C=O) groups is 2. The van der Waals surface area contributed by atoms with E-state index in [2.05, 4.69) is 15.6 Å². The molecule has 0 saturated carbocycles. The lowest BCUT2D eigenvalue weighted by molar-refractivity contribution is -0.114. The summed E-state index contributed by atoms with van der Waals surface area (Å²) < 4.78 is 15.6. The summed E-state index contributed by atoms with van der Waals surface area (Å²) in [6, 6.07) is 5.80. The first kappa shape index (κ1) is 17.8. The van der Waals surface area contributed by atoms with E-state index in [0.717, 1.165) is 16.5 Å². The van der Waals surface area contributed by atoms with Crippen LogP contribution < -0.4 is 10.6 Å². The predicted molar refractivity (Wildman–Crippen MR) is 99.6 cm³/mol. The lowest BCUT2D eigenvalue weighted by atomic mass is 10.2. The Kier molecular flexibility index (Phi) is 4.85. The molecule has 0 bridgehead atoms. The normalized spacial score (nSPS) is 10.6. The maximum atomic E-state index is 13.7. The van der Waals surface area contributed by atoms with Gasteiger partial charge in [0.25, 0.3) is 5.91 Å². The first-order valence-electron chi connectivity index (χ1n) is 7.84. The summed E-state index contributed by atoms with van der Waals surface area (Å²) in [5.74, 6) is -1.28. The van der Waals surface area contributed by atoms with Crippen LogP contribution in [0.1, 0.15) is 28.7 Å². The minimum atomic E-state index is -0.569. The average molecular weight is 372 g/mol. The molecule has 0 radical (unpaired) electrons. The Balaban J connectivity index is 1.87. The van der Waals surface area contributed by atoms with Crippen LogP contribution in [0.2, 0.25) is 0 Å². The van der Waals surface area contributed by atoms with Crippen LogP contribution in [0.5, 0.6) is 0 Å². The van der Waals surface area contributed by atoms with Crippen LogP contribution >= 0.6 is 11.3 Å². The molecule has 0 atom stereocenters. The number of aromatic nitrogens is 2. The summed E-state index contributed by atoms with van der Waals surface area (Å²) in [4.78, 5) is 28.1. The summed E-state index contributed by atoms with van der Waals surface area (Å²) in [6.07, 6.45) is 1.71. The van der Waals surface area contributed by atoms with E-state index < -0.39 is 5.82 Å². The lowest BCUT2D eigenvalue weighted by Gasteiger charge is -2.09. The summed E-state index contributed by atoms with van der Waals surface area (Å²) in [6.45, 7) is 5.03. The van der Waals surface area contributed by atoms with E-state index >= 15 is 0 Å². The zero-order chi connectivity index (χ0) is 18.8. The molecule has 0 unspecified atom stereocenters. The fourth-order valence-electron chi connectivity index (χ4n) is 2.70. The molecule has 2 amide bonds. The van der Waals surface area contributed by atoms with Crippen molar-refractivity contribution in [1.29, 1.82) is 0 Å². The number of hydrogen-bond acceptors (Lipinski definition) is 4. The minimum Gasteiger partial charge on any atom is -0.324 e. The van der Waals surface area contributed by atoms with Gasteiger partial charge in [-0.3, -0.25) is 14.2 Å². The summed E-state index contributed by atoms with van der Waals surface area (Å²) >= 11 is 1.48. The summed E-state index contributed by atoms with van der Waals surface area (Å²) in [5.41, 5.74) is 2.56. The Hall–Kier alpha value is -3.00. The van der Waals surface area contributed by atoms with Gasteiger partial charge < -0.3 is 10.6 Å². The first-order valence-corrected chi connectivity index (χ1v) is 8.72. The number of anilines is 2. The van der Waals surface area contributed by atoms with Crippen LogP contribution in [0.15, 0.2) is 35.8 Å². The maximum absolute atomic E-state index is 13.7. The Morgan fingerprint density at radius 1 is 1.19 bits per heavy atom. The van der Waals surface area contributed by atoms with E-state index in [-0.39, 0.29) is 17.5 Å². The van der Waals surface area contributed by atoms with Gasteiger partial charge >= 0.3 is 0 Å². The highest BCUT2D eigenvalue weighted by atomic mass is 32.1. The molecule has 2 aromatic heterocycles. The van der Waals surface area contributed by atoms with E-state index in [1.165, 1.54) is 36.5 Å². The van der Waals surface area contributed by atoms with Gasteiger partial charge in [0.15, 0.2) is 5.13 Å². The van der Waals surface area contributed by atoms with Crippen molar-refractivity contribution in [2.45, 2.75) is 20.8 Å². The third-order valence-electron chi connectivity index (χ3n) is 3.82. The van der Waals surface area contributed by atoms with Crippen molar-refractivity contribution in [3.8, 4) is 5.13 Å². The highest BCUT2D eigenvalue weighted by molar-refractivity contribution is 7.12. The topological polar surface area (TPSA) is 76.0 Å². The minimum absolute atomic E-state index is 0.0172. The molecule has 3 aromatic rings. The van der Waals surface area contributed by atoms with Crippen molar-refractivity contribution in [2.24, 2.45) is 0 Å². The number of carbonyl (C=O) groups excluding carboxylic acids is 2. The molecule has 2 heterocycles. The molecular weight excluding hydrogens is 355 g/mol. The third-order valence-corrected chi connectivity index (χ3v) is 4.58. The van der Waals surface area contributed by atoms with Gasteiger partial charge in [-0.25, -0.2) is 9.37 Å². The quantitative estimate of drug-likeness (QED) is 0.729. The molecule has 2 N–H and O–H groups in total. The predicted octanol–water partition coefficient (Wildman–Crippen LogP) is 3.90. The van der Waals surface area contributed by atoms with E-state index in [1.54, 1.807) is 12.3 Å². The number of aryl methyl sites for hydroxylation is 1.